The summed E-state index contributed by atoms with van der Waals surface area (Å²) < 4.78 is 4.80. The van der Waals surface area contributed by atoms with Gasteiger partial charge >= 0.3 is 5.97 Å². The van der Waals surface area contributed by atoms with E-state index >= 15 is 0 Å². The fourth-order valence-corrected chi connectivity index (χ4v) is 3.35. The van der Waals surface area contributed by atoms with Crippen molar-refractivity contribution in [3.63, 3.8) is 0 Å². The fraction of sp³-hybridized carbons (Fsp3) is 0.600. The molecule has 1 fully saturated rings. The Kier molecular flexibility index (Phi) is 8.54. The smallest absolute Gasteiger partial charge is 0.328 e. The van der Waals surface area contributed by atoms with E-state index in [0.29, 0.717) is 18.9 Å². The van der Waals surface area contributed by atoms with Crippen molar-refractivity contribution in [1.29, 1.82) is 0 Å². The molecule has 1 aromatic rings. The molecule has 2 rings (SSSR count). The van der Waals surface area contributed by atoms with Gasteiger partial charge in [-0.15, -0.1) is 0 Å². The van der Waals surface area contributed by atoms with Crippen molar-refractivity contribution in [2.75, 3.05) is 39.8 Å². The summed E-state index contributed by atoms with van der Waals surface area (Å²) in [5.74, 6) is -0.215. The first kappa shape index (κ1) is 21.7. The molecule has 0 spiro atoms. The zero-order valence-electron chi connectivity index (χ0n) is 16.4. The number of methoxy groups -OCH3 is 1. The van der Waals surface area contributed by atoms with Crippen LogP contribution in [-0.2, 0) is 20.9 Å². The molecule has 27 heavy (non-hydrogen) atoms. The zero-order chi connectivity index (χ0) is 19.8. The van der Waals surface area contributed by atoms with Gasteiger partial charge in [0.05, 0.1) is 13.7 Å². The molecule has 1 aliphatic heterocycles. The van der Waals surface area contributed by atoms with Crippen molar-refractivity contribution < 1.29 is 14.3 Å². The Labute approximate surface area is 166 Å². The Morgan fingerprint density at radius 2 is 1.70 bits per heavy atom. The highest BCUT2D eigenvalue weighted by atomic mass is 35.5. The van der Waals surface area contributed by atoms with E-state index in [2.05, 4.69) is 15.1 Å². The monoisotopic (exact) mass is 395 g/mol. The van der Waals surface area contributed by atoms with Crippen molar-refractivity contribution >= 4 is 23.5 Å². The molecule has 1 N–H and O–H groups in total. The number of amides is 1. The van der Waals surface area contributed by atoms with Crippen LogP contribution in [0.15, 0.2) is 24.3 Å². The highest BCUT2D eigenvalue weighted by molar-refractivity contribution is 6.30. The number of hydrogen-bond donors (Lipinski definition) is 1. The summed E-state index contributed by atoms with van der Waals surface area (Å²) in [6.45, 7) is 8.69. The van der Waals surface area contributed by atoms with Crippen molar-refractivity contribution in [2.24, 2.45) is 5.92 Å². The van der Waals surface area contributed by atoms with Crippen molar-refractivity contribution in [1.82, 2.24) is 15.1 Å². The average Bonchev–Trinajstić information content (AvgIpc) is 2.63. The summed E-state index contributed by atoms with van der Waals surface area (Å²) in [5.41, 5.74) is 1.24. The lowest BCUT2D eigenvalue weighted by Crippen LogP contribution is -2.51. The van der Waals surface area contributed by atoms with Crippen LogP contribution >= 0.6 is 11.6 Å². The molecule has 0 aromatic heterocycles. The minimum absolute atomic E-state index is 0.128. The molecule has 1 atom stereocenters. The Bertz CT molecular complexity index is 613. The fourth-order valence-electron chi connectivity index (χ4n) is 3.22. The molecule has 7 heteroatoms. The first-order valence-electron chi connectivity index (χ1n) is 9.43. The lowest BCUT2D eigenvalue weighted by Gasteiger charge is -2.34. The van der Waals surface area contributed by atoms with Crippen LogP contribution in [0.1, 0.15) is 25.8 Å². The van der Waals surface area contributed by atoms with Gasteiger partial charge < -0.3 is 10.1 Å². The number of benzene rings is 1. The molecule has 1 aliphatic rings. The molecule has 6 nitrogen and oxygen atoms in total. The third-order valence-corrected chi connectivity index (χ3v) is 4.93. The molecule has 0 aliphatic carbocycles. The van der Waals surface area contributed by atoms with Crippen LogP contribution in [0.3, 0.4) is 0 Å². The molecule has 1 heterocycles. The Morgan fingerprint density at radius 1 is 1.11 bits per heavy atom. The number of hydrogen-bond acceptors (Lipinski definition) is 5. The Morgan fingerprint density at radius 3 is 2.26 bits per heavy atom. The van der Waals surface area contributed by atoms with Crippen LogP contribution in [0.4, 0.5) is 0 Å². The van der Waals surface area contributed by atoms with E-state index in [-0.39, 0.29) is 11.9 Å². The molecule has 1 amide bonds. The van der Waals surface area contributed by atoms with E-state index in [1.807, 2.05) is 38.1 Å². The van der Waals surface area contributed by atoms with Gasteiger partial charge in [-0.3, -0.25) is 14.6 Å². The number of piperazine rings is 1. The number of ether oxygens (including phenoxy) is 1. The van der Waals surface area contributed by atoms with Gasteiger partial charge in [0.2, 0.25) is 5.91 Å². The molecule has 150 valence electrons. The van der Waals surface area contributed by atoms with Gasteiger partial charge in [0, 0.05) is 37.7 Å². The minimum Gasteiger partial charge on any atom is -0.467 e. The van der Waals surface area contributed by atoms with Gasteiger partial charge in [0.15, 0.2) is 0 Å². The van der Waals surface area contributed by atoms with Crippen LogP contribution in [0.5, 0.6) is 0 Å². The summed E-state index contributed by atoms with van der Waals surface area (Å²) in [4.78, 5) is 28.7. The van der Waals surface area contributed by atoms with Crippen molar-refractivity contribution in [2.45, 2.75) is 32.9 Å². The quantitative estimate of drug-likeness (QED) is 0.683. The molecular weight excluding hydrogens is 366 g/mol. The van der Waals surface area contributed by atoms with E-state index in [4.69, 9.17) is 16.3 Å². The Hall–Kier alpha value is -1.63. The summed E-state index contributed by atoms with van der Waals surface area (Å²) in [7, 11) is 1.35. The molecule has 1 unspecified atom stereocenters. The number of carbonyl (C=O) groups excluding carboxylic acids is 2. The standard InChI is InChI=1S/C20H30ClN3O3/c1-15(2)12-18(20(26)27-3)22-19(25)14-24-10-8-23(9-11-24)13-16-4-6-17(21)7-5-16/h4-7,15,18H,8-14H2,1-3H3,(H,22,25). The molecule has 0 radical (unpaired) electrons. The third kappa shape index (κ3) is 7.48. The topological polar surface area (TPSA) is 61.9 Å². The van der Waals surface area contributed by atoms with E-state index in [1.54, 1.807) is 0 Å². The third-order valence-electron chi connectivity index (χ3n) is 4.68. The molecule has 1 saturated heterocycles. The predicted molar refractivity (Wildman–Crippen MR) is 107 cm³/mol. The van der Waals surface area contributed by atoms with E-state index in [0.717, 1.165) is 37.7 Å². The number of halogens is 1. The van der Waals surface area contributed by atoms with Crippen LogP contribution < -0.4 is 5.32 Å². The van der Waals surface area contributed by atoms with E-state index in [9.17, 15) is 9.59 Å². The zero-order valence-corrected chi connectivity index (χ0v) is 17.2. The number of esters is 1. The maximum absolute atomic E-state index is 12.3. The van der Waals surface area contributed by atoms with Gasteiger partial charge in [0.25, 0.3) is 0 Å². The summed E-state index contributed by atoms with van der Waals surface area (Å²) >= 11 is 5.93. The highest BCUT2D eigenvalue weighted by Crippen LogP contribution is 2.13. The molecule has 0 saturated carbocycles. The van der Waals surface area contributed by atoms with Crippen LogP contribution in [0.2, 0.25) is 5.02 Å². The van der Waals surface area contributed by atoms with Crippen molar-refractivity contribution in [3.05, 3.63) is 34.9 Å². The maximum atomic E-state index is 12.3. The largest absolute Gasteiger partial charge is 0.467 e. The number of nitrogens with zero attached hydrogens (tertiary/aromatic N) is 2. The average molecular weight is 396 g/mol. The molecule has 1 aromatic carbocycles. The highest BCUT2D eigenvalue weighted by Gasteiger charge is 2.24. The lowest BCUT2D eigenvalue weighted by atomic mass is 10.0. The van der Waals surface area contributed by atoms with Gasteiger partial charge in [-0.1, -0.05) is 37.6 Å². The normalized spacial score (nSPS) is 16.9. The van der Waals surface area contributed by atoms with Crippen LogP contribution in [-0.4, -0.2) is 67.6 Å². The SMILES string of the molecule is COC(=O)C(CC(C)C)NC(=O)CN1CCN(Cc2ccc(Cl)cc2)CC1. The van der Waals surface area contributed by atoms with Crippen LogP contribution in [0.25, 0.3) is 0 Å². The first-order valence-corrected chi connectivity index (χ1v) is 9.81. The predicted octanol–water partition coefficient (Wildman–Crippen LogP) is 2.16. The van der Waals surface area contributed by atoms with Gasteiger partial charge in [0.1, 0.15) is 6.04 Å². The number of nitrogens with one attached hydrogen (secondary N) is 1. The lowest BCUT2D eigenvalue weighted by molar-refractivity contribution is -0.145. The van der Waals surface area contributed by atoms with E-state index in [1.165, 1.54) is 12.7 Å². The van der Waals surface area contributed by atoms with Crippen molar-refractivity contribution in [3.8, 4) is 0 Å². The Balaban J connectivity index is 1.76. The second-order valence-electron chi connectivity index (χ2n) is 7.45. The molecule has 0 bridgehead atoms. The maximum Gasteiger partial charge on any atom is 0.328 e. The van der Waals surface area contributed by atoms with Gasteiger partial charge in [-0.2, -0.15) is 0 Å². The number of rotatable bonds is 8. The summed E-state index contributed by atoms with van der Waals surface area (Å²) in [6.07, 6.45) is 0.577. The van der Waals surface area contributed by atoms with E-state index < -0.39 is 6.04 Å². The summed E-state index contributed by atoms with van der Waals surface area (Å²) in [6, 6.07) is 7.33. The second kappa shape index (κ2) is 10.6. The van der Waals surface area contributed by atoms with Gasteiger partial charge in [-0.05, 0) is 30.0 Å². The molecular formula is C20H30ClN3O3. The summed E-state index contributed by atoms with van der Waals surface area (Å²) in [5, 5.41) is 3.57. The van der Waals surface area contributed by atoms with Gasteiger partial charge in [-0.25, -0.2) is 4.79 Å². The first-order chi connectivity index (χ1) is 12.9. The minimum atomic E-state index is -0.575. The second-order valence-corrected chi connectivity index (χ2v) is 7.89. The number of carbonyl (C=O) groups is 2. The van der Waals surface area contributed by atoms with Crippen LogP contribution in [0, 0.1) is 5.92 Å².